The molecule has 0 saturated heterocycles. The number of amides is 1. The lowest BCUT2D eigenvalue weighted by atomic mass is 9.88. The Balaban J connectivity index is 1.78. The summed E-state index contributed by atoms with van der Waals surface area (Å²) in [6.45, 7) is 5.19. The van der Waals surface area contributed by atoms with Crippen molar-refractivity contribution in [2.45, 2.75) is 71.5 Å². The van der Waals surface area contributed by atoms with Crippen LogP contribution in [0.4, 0.5) is 0 Å². The van der Waals surface area contributed by atoms with Crippen molar-refractivity contribution in [2.24, 2.45) is 5.92 Å². The van der Waals surface area contributed by atoms with Gasteiger partial charge in [0.1, 0.15) is 5.82 Å². The molecular weight excluding hydrogens is 398 g/mol. The minimum atomic E-state index is -0.298. The van der Waals surface area contributed by atoms with Gasteiger partial charge in [0, 0.05) is 19.0 Å². The highest BCUT2D eigenvalue weighted by atomic mass is 16.2. The van der Waals surface area contributed by atoms with Crippen LogP contribution >= 0.6 is 0 Å². The first-order valence-corrected chi connectivity index (χ1v) is 11.9. The predicted molar refractivity (Wildman–Crippen MR) is 128 cm³/mol. The molecule has 1 amide bonds. The van der Waals surface area contributed by atoms with E-state index in [0.29, 0.717) is 29.8 Å². The van der Waals surface area contributed by atoms with Crippen molar-refractivity contribution in [3.63, 3.8) is 0 Å². The van der Waals surface area contributed by atoms with Gasteiger partial charge in [-0.25, -0.2) is 4.98 Å². The van der Waals surface area contributed by atoms with Gasteiger partial charge in [0.05, 0.1) is 16.9 Å². The van der Waals surface area contributed by atoms with E-state index in [1.807, 2.05) is 54.3 Å². The van der Waals surface area contributed by atoms with Crippen LogP contribution in [-0.4, -0.2) is 20.4 Å². The van der Waals surface area contributed by atoms with Crippen LogP contribution < -0.4 is 5.56 Å². The number of para-hydroxylation sites is 1. The lowest BCUT2D eigenvalue weighted by Gasteiger charge is -2.34. The van der Waals surface area contributed by atoms with Crippen molar-refractivity contribution >= 4 is 16.8 Å². The Morgan fingerprint density at radius 3 is 2.47 bits per heavy atom. The number of fused-ring (bicyclic) bond motifs is 1. The van der Waals surface area contributed by atoms with Gasteiger partial charge in [0.25, 0.3) is 5.56 Å². The monoisotopic (exact) mass is 431 g/mol. The number of nitrogens with zero attached hydrogens (tertiary/aromatic N) is 3. The number of carbonyl (C=O) groups excluding carboxylic acids is 1. The van der Waals surface area contributed by atoms with Crippen molar-refractivity contribution < 1.29 is 4.79 Å². The molecule has 1 unspecified atom stereocenters. The fourth-order valence-electron chi connectivity index (χ4n) is 4.85. The Morgan fingerprint density at radius 2 is 1.75 bits per heavy atom. The quantitative estimate of drug-likeness (QED) is 0.498. The predicted octanol–water partition coefficient (Wildman–Crippen LogP) is 5.48. The molecular formula is C27H33N3O2. The fraction of sp³-hybridized carbons (Fsp3) is 0.444. The second-order valence-electron chi connectivity index (χ2n) is 8.91. The van der Waals surface area contributed by atoms with Crippen LogP contribution in [0.2, 0.25) is 0 Å². The Bertz CT molecular complexity index is 1120. The molecule has 1 heterocycles. The van der Waals surface area contributed by atoms with Gasteiger partial charge in [-0.2, -0.15) is 0 Å². The summed E-state index contributed by atoms with van der Waals surface area (Å²) in [4.78, 5) is 33.9. The molecule has 1 saturated carbocycles. The van der Waals surface area contributed by atoms with Crippen LogP contribution in [0, 0.1) is 5.92 Å². The van der Waals surface area contributed by atoms with Gasteiger partial charge in [-0.1, -0.05) is 68.7 Å². The summed E-state index contributed by atoms with van der Waals surface area (Å²) in [6.07, 6.45) is 6.15. The van der Waals surface area contributed by atoms with Crippen LogP contribution in [0.5, 0.6) is 0 Å². The number of rotatable bonds is 7. The van der Waals surface area contributed by atoms with Gasteiger partial charge in [0.2, 0.25) is 5.91 Å². The highest BCUT2D eigenvalue weighted by Crippen LogP contribution is 2.30. The van der Waals surface area contributed by atoms with E-state index in [1.54, 1.807) is 4.57 Å². The first-order chi connectivity index (χ1) is 15.6. The molecule has 0 radical (unpaired) electrons. The van der Waals surface area contributed by atoms with Gasteiger partial charge in [0.15, 0.2) is 0 Å². The maximum Gasteiger partial charge on any atom is 0.261 e. The van der Waals surface area contributed by atoms with Gasteiger partial charge >= 0.3 is 0 Å². The zero-order valence-corrected chi connectivity index (χ0v) is 19.2. The van der Waals surface area contributed by atoms with Gasteiger partial charge in [-0.3, -0.25) is 14.2 Å². The minimum Gasteiger partial charge on any atom is -0.328 e. The van der Waals surface area contributed by atoms with E-state index < -0.39 is 0 Å². The first kappa shape index (κ1) is 22.3. The molecule has 0 spiro atoms. The zero-order valence-electron chi connectivity index (χ0n) is 19.2. The number of hydrogen-bond donors (Lipinski definition) is 0. The van der Waals surface area contributed by atoms with Crippen molar-refractivity contribution in [1.29, 1.82) is 0 Å². The lowest BCUT2D eigenvalue weighted by molar-refractivity contribution is -0.139. The maximum absolute atomic E-state index is 13.7. The van der Waals surface area contributed by atoms with Crippen LogP contribution in [0.25, 0.3) is 10.9 Å². The maximum atomic E-state index is 13.7. The van der Waals surface area contributed by atoms with Gasteiger partial charge in [-0.15, -0.1) is 0 Å². The van der Waals surface area contributed by atoms with E-state index >= 15 is 0 Å². The zero-order chi connectivity index (χ0) is 22.5. The first-order valence-electron chi connectivity index (χ1n) is 11.9. The molecule has 1 aliphatic carbocycles. The summed E-state index contributed by atoms with van der Waals surface area (Å²) in [7, 11) is 0. The van der Waals surface area contributed by atoms with Crippen LogP contribution in [0.15, 0.2) is 59.4 Å². The third-order valence-electron chi connectivity index (χ3n) is 6.61. The normalized spacial score (nSPS) is 15.6. The Morgan fingerprint density at radius 1 is 1.06 bits per heavy atom. The molecule has 1 aliphatic rings. The van der Waals surface area contributed by atoms with Crippen molar-refractivity contribution in [1.82, 2.24) is 14.5 Å². The molecule has 0 bridgehead atoms. The molecule has 2 aromatic carbocycles. The topological polar surface area (TPSA) is 55.2 Å². The molecule has 1 atom stereocenters. The Kier molecular flexibility index (Phi) is 7.03. The number of carbonyl (C=O) groups is 1. The number of hydrogen-bond acceptors (Lipinski definition) is 3. The Labute approximate surface area is 190 Å². The van der Waals surface area contributed by atoms with Crippen LogP contribution in [0.1, 0.15) is 69.8 Å². The second kappa shape index (κ2) is 10.1. The molecule has 5 heteroatoms. The highest BCUT2D eigenvalue weighted by Gasteiger charge is 2.31. The SMILES string of the molecule is CCCn1c(C(C)N(Cc2ccccc2)C(=O)C2CCCCC2)nc2ccccc2c1=O. The summed E-state index contributed by atoms with van der Waals surface area (Å²) >= 11 is 0. The van der Waals surface area contributed by atoms with Gasteiger partial charge in [-0.05, 0) is 43.9 Å². The summed E-state index contributed by atoms with van der Waals surface area (Å²) in [5, 5.41) is 0.630. The molecule has 4 rings (SSSR count). The van der Waals surface area contributed by atoms with Crippen molar-refractivity contribution in [2.75, 3.05) is 0 Å². The number of benzene rings is 2. The molecule has 5 nitrogen and oxygen atoms in total. The van der Waals surface area contributed by atoms with E-state index in [0.717, 1.165) is 37.7 Å². The summed E-state index contributed by atoms with van der Waals surface area (Å²) in [5.41, 5.74) is 1.76. The number of aromatic nitrogens is 2. The summed E-state index contributed by atoms with van der Waals surface area (Å²) in [5.74, 6) is 0.920. The summed E-state index contributed by atoms with van der Waals surface area (Å²) in [6, 6.07) is 17.3. The fourth-order valence-corrected chi connectivity index (χ4v) is 4.85. The average Bonchev–Trinajstić information content (AvgIpc) is 2.84. The molecule has 1 aromatic heterocycles. The molecule has 168 valence electrons. The minimum absolute atomic E-state index is 0.0240. The highest BCUT2D eigenvalue weighted by molar-refractivity contribution is 5.80. The van der Waals surface area contributed by atoms with Gasteiger partial charge < -0.3 is 4.90 Å². The van der Waals surface area contributed by atoms with E-state index in [1.165, 1.54) is 6.42 Å². The lowest BCUT2D eigenvalue weighted by Crippen LogP contribution is -2.41. The van der Waals surface area contributed by atoms with Crippen LogP contribution in [0.3, 0.4) is 0 Å². The molecule has 0 N–H and O–H groups in total. The third kappa shape index (κ3) is 4.62. The van der Waals surface area contributed by atoms with E-state index in [2.05, 4.69) is 19.1 Å². The largest absolute Gasteiger partial charge is 0.328 e. The molecule has 1 fully saturated rings. The van der Waals surface area contributed by atoms with Crippen molar-refractivity contribution in [3.8, 4) is 0 Å². The standard InChI is InChI=1S/C27H33N3O2/c1-3-18-29-25(28-24-17-11-10-16-23(24)27(29)32)20(2)30(19-21-12-6-4-7-13-21)26(31)22-14-8-5-9-15-22/h4,6-7,10-13,16-17,20,22H,3,5,8-9,14-15,18-19H2,1-2H3. The van der Waals surface area contributed by atoms with E-state index in [-0.39, 0.29) is 23.4 Å². The smallest absolute Gasteiger partial charge is 0.261 e. The third-order valence-corrected chi connectivity index (χ3v) is 6.61. The van der Waals surface area contributed by atoms with Crippen LogP contribution in [-0.2, 0) is 17.9 Å². The second-order valence-corrected chi connectivity index (χ2v) is 8.91. The Hall–Kier alpha value is -2.95. The summed E-state index contributed by atoms with van der Waals surface area (Å²) < 4.78 is 1.78. The average molecular weight is 432 g/mol. The van der Waals surface area contributed by atoms with Crippen molar-refractivity contribution in [3.05, 3.63) is 76.3 Å². The molecule has 32 heavy (non-hydrogen) atoms. The molecule has 0 aliphatic heterocycles. The van der Waals surface area contributed by atoms with E-state index in [9.17, 15) is 9.59 Å². The molecule has 3 aromatic rings. The van der Waals surface area contributed by atoms with E-state index in [4.69, 9.17) is 4.98 Å².